The Kier molecular flexibility index (Phi) is 6.34. The monoisotopic (exact) mass is 295 g/mol. The average Bonchev–Trinajstić information content (AvgIpc) is 2.91. The molecular formula is C17H26ClNO. The second-order valence-corrected chi connectivity index (χ2v) is 6.22. The van der Waals surface area contributed by atoms with Gasteiger partial charge in [-0.25, -0.2) is 0 Å². The van der Waals surface area contributed by atoms with Gasteiger partial charge in [0.1, 0.15) is 0 Å². The van der Waals surface area contributed by atoms with Crippen LogP contribution in [0.25, 0.3) is 0 Å². The molecule has 20 heavy (non-hydrogen) atoms. The molecule has 0 radical (unpaired) electrons. The van der Waals surface area contributed by atoms with Crippen molar-refractivity contribution in [3.63, 3.8) is 0 Å². The second-order valence-electron chi connectivity index (χ2n) is 5.78. The maximum Gasteiger partial charge on any atom is 0.0576 e. The Balaban J connectivity index is 2.00. The Morgan fingerprint density at radius 2 is 2.25 bits per heavy atom. The first-order chi connectivity index (χ1) is 9.69. The molecule has 2 nitrogen and oxygen atoms in total. The number of rotatable bonds is 7. The summed E-state index contributed by atoms with van der Waals surface area (Å²) in [5.74, 6) is 0. The largest absolute Gasteiger partial charge is 0.378 e. The summed E-state index contributed by atoms with van der Waals surface area (Å²) in [7, 11) is 0. The van der Waals surface area contributed by atoms with Crippen LogP contribution in [-0.2, 0) is 4.74 Å². The van der Waals surface area contributed by atoms with Crippen LogP contribution in [0.4, 0.5) is 0 Å². The Morgan fingerprint density at radius 3 is 2.90 bits per heavy atom. The molecule has 1 N–H and O–H groups in total. The van der Waals surface area contributed by atoms with Crippen LogP contribution in [0.2, 0.25) is 5.02 Å². The van der Waals surface area contributed by atoms with Crippen LogP contribution >= 0.6 is 11.6 Å². The molecule has 0 aliphatic carbocycles. The van der Waals surface area contributed by atoms with Gasteiger partial charge in [-0.05, 0) is 68.8 Å². The van der Waals surface area contributed by atoms with Crippen molar-refractivity contribution in [3.8, 4) is 0 Å². The van der Waals surface area contributed by atoms with Crippen molar-refractivity contribution >= 4 is 11.6 Å². The van der Waals surface area contributed by atoms with Crippen LogP contribution < -0.4 is 5.32 Å². The van der Waals surface area contributed by atoms with E-state index in [-0.39, 0.29) is 0 Å². The van der Waals surface area contributed by atoms with E-state index in [2.05, 4.69) is 31.3 Å². The standard InChI is InChI=1S/C17H26ClNO/c1-3-8-19-17(7-6-16-5-4-9-20-16)14-10-13(2)11-15(18)12-14/h10-12,16-17,19H,3-9H2,1-2H3. The first-order valence-corrected chi connectivity index (χ1v) is 8.19. The summed E-state index contributed by atoms with van der Waals surface area (Å²) in [5, 5.41) is 4.48. The van der Waals surface area contributed by atoms with Gasteiger partial charge in [0.2, 0.25) is 0 Å². The molecule has 1 aromatic rings. The van der Waals surface area contributed by atoms with E-state index in [0.717, 1.165) is 37.4 Å². The number of hydrogen-bond acceptors (Lipinski definition) is 2. The van der Waals surface area contributed by atoms with Crippen LogP contribution in [0, 0.1) is 6.92 Å². The van der Waals surface area contributed by atoms with Crippen LogP contribution in [0.5, 0.6) is 0 Å². The third-order valence-electron chi connectivity index (χ3n) is 3.91. The molecule has 3 heteroatoms. The lowest BCUT2D eigenvalue weighted by Gasteiger charge is -2.21. The van der Waals surface area contributed by atoms with Gasteiger partial charge in [0.25, 0.3) is 0 Å². The molecule has 1 aliphatic heterocycles. The lowest BCUT2D eigenvalue weighted by molar-refractivity contribution is 0.0996. The zero-order valence-corrected chi connectivity index (χ0v) is 13.4. The van der Waals surface area contributed by atoms with Gasteiger partial charge in [-0.15, -0.1) is 0 Å². The SMILES string of the molecule is CCCNC(CCC1CCCO1)c1cc(C)cc(Cl)c1. The van der Waals surface area contributed by atoms with E-state index < -0.39 is 0 Å². The van der Waals surface area contributed by atoms with Gasteiger partial charge in [-0.1, -0.05) is 24.6 Å². The van der Waals surface area contributed by atoms with Crippen LogP contribution in [0.3, 0.4) is 0 Å². The molecule has 1 fully saturated rings. The van der Waals surface area contributed by atoms with E-state index in [4.69, 9.17) is 16.3 Å². The lowest BCUT2D eigenvalue weighted by Crippen LogP contribution is -2.23. The number of nitrogens with one attached hydrogen (secondary N) is 1. The molecule has 112 valence electrons. The number of halogens is 1. The van der Waals surface area contributed by atoms with Crippen LogP contribution in [0.15, 0.2) is 18.2 Å². The van der Waals surface area contributed by atoms with E-state index in [1.165, 1.54) is 24.0 Å². The Morgan fingerprint density at radius 1 is 1.40 bits per heavy atom. The smallest absolute Gasteiger partial charge is 0.0576 e. The number of aryl methyl sites for hydroxylation is 1. The van der Waals surface area contributed by atoms with Crippen LogP contribution in [0.1, 0.15) is 56.2 Å². The van der Waals surface area contributed by atoms with Crippen molar-refractivity contribution < 1.29 is 4.74 Å². The molecule has 2 unspecified atom stereocenters. The Labute approximate surface area is 127 Å². The summed E-state index contributed by atoms with van der Waals surface area (Å²) >= 11 is 6.20. The molecule has 0 bridgehead atoms. The maximum absolute atomic E-state index is 6.20. The highest BCUT2D eigenvalue weighted by atomic mass is 35.5. The van der Waals surface area contributed by atoms with E-state index in [9.17, 15) is 0 Å². The second kappa shape index (κ2) is 8.02. The summed E-state index contributed by atoms with van der Waals surface area (Å²) in [4.78, 5) is 0. The maximum atomic E-state index is 6.20. The minimum absolute atomic E-state index is 0.386. The van der Waals surface area contributed by atoms with E-state index in [0.29, 0.717) is 12.1 Å². The highest BCUT2D eigenvalue weighted by Crippen LogP contribution is 2.26. The molecule has 1 aromatic carbocycles. The highest BCUT2D eigenvalue weighted by molar-refractivity contribution is 6.30. The summed E-state index contributed by atoms with van der Waals surface area (Å²) in [6, 6.07) is 6.74. The molecule has 0 amide bonds. The molecule has 0 aromatic heterocycles. The van der Waals surface area contributed by atoms with Crippen molar-refractivity contribution in [3.05, 3.63) is 34.3 Å². The van der Waals surface area contributed by atoms with Crippen molar-refractivity contribution in [2.75, 3.05) is 13.2 Å². The van der Waals surface area contributed by atoms with Crippen molar-refractivity contribution in [2.24, 2.45) is 0 Å². The summed E-state index contributed by atoms with van der Waals surface area (Å²) in [5.41, 5.74) is 2.54. The molecule has 0 saturated carbocycles. The van der Waals surface area contributed by atoms with E-state index in [1.807, 2.05) is 6.07 Å². The summed E-state index contributed by atoms with van der Waals surface area (Å²) in [6.07, 6.45) is 6.29. The molecule has 2 rings (SSSR count). The zero-order chi connectivity index (χ0) is 14.4. The minimum atomic E-state index is 0.386. The van der Waals surface area contributed by atoms with Gasteiger partial charge in [0.05, 0.1) is 6.10 Å². The predicted octanol–water partition coefficient (Wildman–Crippen LogP) is 4.65. The molecule has 1 heterocycles. The van der Waals surface area contributed by atoms with E-state index in [1.54, 1.807) is 0 Å². The first-order valence-electron chi connectivity index (χ1n) is 7.81. The highest BCUT2D eigenvalue weighted by Gasteiger charge is 2.19. The molecular weight excluding hydrogens is 270 g/mol. The quantitative estimate of drug-likeness (QED) is 0.790. The number of benzene rings is 1. The minimum Gasteiger partial charge on any atom is -0.378 e. The number of hydrogen-bond donors (Lipinski definition) is 1. The average molecular weight is 296 g/mol. The first kappa shape index (κ1) is 15.8. The van der Waals surface area contributed by atoms with Gasteiger partial charge in [-0.2, -0.15) is 0 Å². The number of ether oxygens (including phenoxy) is 1. The van der Waals surface area contributed by atoms with Gasteiger partial charge in [-0.3, -0.25) is 0 Å². The topological polar surface area (TPSA) is 21.3 Å². The van der Waals surface area contributed by atoms with Crippen molar-refractivity contribution in [1.29, 1.82) is 0 Å². The van der Waals surface area contributed by atoms with Gasteiger partial charge in [0, 0.05) is 17.7 Å². The normalized spacial score (nSPS) is 20.2. The molecule has 0 spiro atoms. The molecule has 1 saturated heterocycles. The molecule has 2 atom stereocenters. The third-order valence-corrected chi connectivity index (χ3v) is 4.13. The fourth-order valence-electron chi connectivity index (χ4n) is 2.90. The Hall–Kier alpha value is -0.570. The lowest BCUT2D eigenvalue weighted by atomic mass is 9.97. The van der Waals surface area contributed by atoms with Crippen LogP contribution in [-0.4, -0.2) is 19.3 Å². The molecule has 1 aliphatic rings. The van der Waals surface area contributed by atoms with Gasteiger partial charge < -0.3 is 10.1 Å². The fraction of sp³-hybridized carbons (Fsp3) is 0.647. The Bertz CT molecular complexity index is 395. The fourth-order valence-corrected chi connectivity index (χ4v) is 3.19. The zero-order valence-electron chi connectivity index (χ0n) is 12.6. The van der Waals surface area contributed by atoms with Gasteiger partial charge in [0.15, 0.2) is 0 Å². The van der Waals surface area contributed by atoms with Crippen molar-refractivity contribution in [1.82, 2.24) is 5.32 Å². The predicted molar refractivity (Wildman–Crippen MR) is 85.4 cm³/mol. The van der Waals surface area contributed by atoms with Crippen molar-refractivity contribution in [2.45, 2.75) is 58.1 Å². The third kappa shape index (κ3) is 4.76. The van der Waals surface area contributed by atoms with E-state index >= 15 is 0 Å². The summed E-state index contributed by atoms with van der Waals surface area (Å²) in [6.45, 7) is 6.29. The van der Waals surface area contributed by atoms with Gasteiger partial charge >= 0.3 is 0 Å². The summed E-state index contributed by atoms with van der Waals surface area (Å²) < 4.78 is 5.74.